The Balaban J connectivity index is 4.04. The summed E-state index contributed by atoms with van der Waals surface area (Å²) in [6.07, 6.45) is 12.9. The largest absolute Gasteiger partial charge is 0.462 e. The van der Waals surface area contributed by atoms with Gasteiger partial charge in [-0.05, 0) is 63.2 Å². The van der Waals surface area contributed by atoms with E-state index in [1.165, 1.54) is 25.7 Å². The number of hydrogen-bond donors (Lipinski definition) is 0. The summed E-state index contributed by atoms with van der Waals surface area (Å²) < 4.78 is 11.3. The minimum absolute atomic E-state index is 0.0310. The van der Waals surface area contributed by atoms with Crippen LogP contribution in [-0.2, 0) is 19.1 Å². The second-order valence-electron chi connectivity index (χ2n) is 8.77. The third-order valence-corrected chi connectivity index (χ3v) is 6.62. The number of ether oxygens (including phenoxy) is 2. The molecule has 0 aromatic rings. The fraction of sp³-hybridized carbons (Fsp3) is 0.923. The lowest BCUT2D eigenvalue weighted by atomic mass is 9.95. The van der Waals surface area contributed by atoms with Gasteiger partial charge in [-0.3, -0.25) is 9.59 Å². The van der Waals surface area contributed by atoms with E-state index in [1.54, 1.807) is 0 Å². The maximum atomic E-state index is 12.1. The van der Waals surface area contributed by atoms with Crippen LogP contribution in [0.5, 0.6) is 0 Å². The van der Waals surface area contributed by atoms with Gasteiger partial charge in [-0.1, -0.05) is 67.2 Å². The normalized spacial score (nSPS) is 13.5. The van der Waals surface area contributed by atoms with Gasteiger partial charge in [0.25, 0.3) is 0 Å². The predicted octanol–water partition coefficient (Wildman–Crippen LogP) is 7.62. The number of rotatable bonds is 19. The molecule has 0 saturated heterocycles. The third-order valence-electron chi connectivity index (χ3n) is 6.62. The monoisotopic (exact) mass is 426 g/mol. The molecule has 4 heteroatoms. The van der Waals surface area contributed by atoms with E-state index in [0.717, 1.165) is 50.4 Å². The molecule has 0 aliphatic rings. The summed E-state index contributed by atoms with van der Waals surface area (Å²) in [7, 11) is 0. The SMILES string of the molecule is CCC(CC)CCC(CC)OC(=O)CCCCC(=O)OC(CC)CCC(CC)CC. The molecule has 0 N–H and O–H groups in total. The molecule has 2 atom stereocenters. The van der Waals surface area contributed by atoms with Crippen LogP contribution in [0, 0.1) is 11.8 Å². The zero-order chi connectivity index (χ0) is 22.8. The van der Waals surface area contributed by atoms with Crippen molar-refractivity contribution in [3.05, 3.63) is 0 Å². The lowest BCUT2D eigenvalue weighted by molar-refractivity contribution is -0.152. The lowest BCUT2D eigenvalue weighted by Gasteiger charge is -2.20. The van der Waals surface area contributed by atoms with Gasteiger partial charge in [0.15, 0.2) is 0 Å². The summed E-state index contributed by atoms with van der Waals surface area (Å²) in [5.74, 6) is 1.20. The van der Waals surface area contributed by atoms with Crippen molar-refractivity contribution in [3.63, 3.8) is 0 Å². The van der Waals surface area contributed by atoms with E-state index >= 15 is 0 Å². The standard InChI is InChI=1S/C26H50O4/c1-7-21(8-2)17-19-23(11-5)29-25(27)15-13-14-16-26(28)30-24(12-6)20-18-22(9-3)10-4/h21-24H,7-20H2,1-6H3. The van der Waals surface area contributed by atoms with Gasteiger partial charge >= 0.3 is 11.9 Å². The van der Waals surface area contributed by atoms with E-state index in [2.05, 4.69) is 41.5 Å². The molecule has 30 heavy (non-hydrogen) atoms. The molecular weight excluding hydrogens is 376 g/mol. The van der Waals surface area contributed by atoms with Gasteiger partial charge in [-0.2, -0.15) is 0 Å². The molecule has 0 aromatic heterocycles. The molecule has 0 rings (SSSR count). The molecule has 0 heterocycles. The van der Waals surface area contributed by atoms with Crippen LogP contribution in [0.2, 0.25) is 0 Å². The van der Waals surface area contributed by atoms with Crippen molar-refractivity contribution in [2.45, 2.75) is 144 Å². The molecule has 0 aliphatic heterocycles. The molecular formula is C26H50O4. The Morgan fingerprint density at radius 1 is 0.533 bits per heavy atom. The van der Waals surface area contributed by atoms with Crippen LogP contribution in [0.25, 0.3) is 0 Å². The van der Waals surface area contributed by atoms with Gasteiger partial charge < -0.3 is 9.47 Å². The zero-order valence-corrected chi connectivity index (χ0v) is 20.8. The maximum absolute atomic E-state index is 12.1. The van der Waals surface area contributed by atoms with Crippen molar-refractivity contribution in [2.75, 3.05) is 0 Å². The van der Waals surface area contributed by atoms with Crippen molar-refractivity contribution < 1.29 is 19.1 Å². The lowest BCUT2D eigenvalue weighted by Crippen LogP contribution is -2.19. The van der Waals surface area contributed by atoms with Gasteiger partial charge in [0.05, 0.1) is 0 Å². The van der Waals surface area contributed by atoms with E-state index in [0.29, 0.717) is 25.7 Å². The summed E-state index contributed by atoms with van der Waals surface area (Å²) in [5.41, 5.74) is 0. The fourth-order valence-electron chi connectivity index (χ4n) is 3.96. The molecule has 0 aromatic carbocycles. The second-order valence-corrected chi connectivity index (χ2v) is 8.77. The minimum atomic E-state index is -0.128. The van der Waals surface area contributed by atoms with Crippen LogP contribution < -0.4 is 0 Å². The maximum Gasteiger partial charge on any atom is 0.306 e. The number of hydrogen-bond acceptors (Lipinski definition) is 4. The van der Waals surface area contributed by atoms with Crippen LogP contribution in [0.15, 0.2) is 0 Å². The Morgan fingerprint density at radius 2 is 0.867 bits per heavy atom. The van der Waals surface area contributed by atoms with Crippen molar-refractivity contribution in [1.29, 1.82) is 0 Å². The van der Waals surface area contributed by atoms with Crippen molar-refractivity contribution >= 4 is 11.9 Å². The highest BCUT2D eigenvalue weighted by Gasteiger charge is 2.16. The van der Waals surface area contributed by atoms with E-state index < -0.39 is 0 Å². The Bertz CT molecular complexity index is 387. The van der Waals surface area contributed by atoms with Gasteiger partial charge in [0.2, 0.25) is 0 Å². The Hall–Kier alpha value is -1.06. The van der Waals surface area contributed by atoms with Gasteiger partial charge in [0, 0.05) is 12.8 Å². The summed E-state index contributed by atoms with van der Waals surface area (Å²) >= 11 is 0. The molecule has 0 spiro atoms. The summed E-state index contributed by atoms with van der Waals surface area (Å²) in [6.45, 7) is 13.1. The minimum Gasteiger partial charge on any atom is -0.462 e. The van der Waals surface area contributed by atoms with E-state index in [1.807, 2.05) is 0 Å². The molecule has 4 nitrogen and oxygen atoms in total. The Kier molecular flexibility index (Phi) is 18.0. The molecule has 0 amide bonds. The fourth-order valence-corrected chi connectivity index (χ4v) is 3.96. The first-order valence-electron chi connectivity index (χ1n) is 12.8. The highest BCUT2D eigenvalue weighted by molar-refractivity contribution is 5.70. The predicted molar refractivity (Wildman–Crippen MR) is 125 cm³/mol. The summed E-state index contributed by atoms with van der Waals surface area (Å²) in [4.78, 5) is 24.3. The van der Waals surface area contributed by atoms with Crippen molar-refractivity contribution in [2.24, 2.45) is 11.8 Å². The highest BCUT2D eigenvalue weighted by atomic mass is 16.5. The molecule has 0 bridgehead atoms. The van der Waals surface area contributed by atoms with Gasteiger partial charge in [-0.15, -0.1) is 0 Å². The summed E-state index contributed by atoms with van der Waals surface area (Å²) in [5, 5.41) is 0. The quantitative estimate of drug-likeness (QED) is 0.157. The van der Waals surface area contributed by atoms with E-state index in [-0.39, 0.29) is 24.1 Å². The average Bonchev–Trinajstić information content (AvgIpc) is 2.76. The molecule has 178 valence electrons. The Labute approximate surface area is 186 Å². The van der Waals surface area contributed by atoms with E-state index in [9.17, 15) is 9.59 Å². The van der Waals surface area contributed by atoms with Gasteiger partial charge in [-0.25, -0.2) is 0 Å². The summed E-state index contributed by atoms with van der Waals surface area (Å²) in [6, 6.07) is 0. The van der Waals surface area contributed by atoms with Crippen LogP contribution >= 0.6 is 0 Å². The first-order valence-corrected chi connectivity index (χ1v) is 12.8. The van der Waals surface area contributed by atoms with Gasteiger partial charge in [0.1, 0.15) is 12.2 Å². The smallest absolute Gasteiger partial charge is 0.306 e. The van der Waals surface area contributed by atoms with Crippen molar-refractivity contribution in [3.8, 4) is 0 Å². The molecule has 0 saturated carbocycles. The van der Waals surface area contributed by atoms with Crippen molar-refractivity contribution in [1.82, 2.24) is 0 Å². The second kappa shape index (κ2) is 18.7. The van der Waals surface area contributed by atoms with Crippen LogP contribution in [0.3, 0.4) is 0 Å². The molecule has 0 aliphatic carbocycles. The number of unbranched alkanes of at least 4 members (excludes halogenated alkanes) is 1. The molecule has 0 fully saturated rings. The number of carbonyl (C=O) groups is 2. The molecule has 2 unspecified atom stereocenters. The first kappa shape index (κ1) is 28.9. The number of carbonyl (C=O) groups excluding carboxylic acids is 2. The van der Waals surface area contributed by atoms with E-state index in [4.69, 9.17) is 9.47 Å². The number of esters is 2. The van der Waals surface area contributed by atoms with Crippen LogP contribution in [0.1, 0.15) is 131 Å². The average molecular weight is 427 g/mol. The molecule has 0 radical (unpaired) electrons. The van der Waals surface area contributed by atoms with Crippen LogP contribution in [0.4, 0.5) is 0 Å². The highest BCUT2D eigenvalue weighted by Crippen LogP contribution is 2.20. The van der Waals surface area contributed by atoms with Crippen LogP contribution in [-0.4, -0.2) is 24.1 Å². The topological polar surface area (TPSA) is 52.6 Å². The Morgan fingerprint density at radius 3 is 1.13 bits per heavy atom. The third kappa shape index (κ3) is 14.0. The zero-order valence-electron chi connectivity index (χ0n) is 20.8. The first-order chi connectivity index (χ1) is 14.4.